The van der Waals surface area contributed by atoms with Gasteiger partial charge < -0.3 is 9.85 Å². The molecule has 1 heterocycles. The van der Waals surface area contributed by atoms with E-state index >= 15 is 0 Å². The molecule has 0 aliphatic carbocycles. The molecule has 2 unspecified atom stereocenters. The summed E-state index contributed by atoms with van der Waals surface area (Å²) in [6.07, 6.45) is 8.43. The highest BCUT2D eigenvalue weighted by molar-refractivity contribution is 4.72. The lowest BCUT2D eigenvalue weighted by Gasteiger charge is -2.48. The number of unbranched alkanes of at least 4 members (excludes halogenated alkanes) is 1. The van der Waals surface area contributed by atoms with Gasteiger partial charge in [-0.15, -0.1) is 0 Å². The summed E-state index contributed by atoms with van der Waals surface area (Å²) in [4.78, 5) is 0. The van der Waals surface area contributed by atoms with E-state index < -0.39 is 0 Å². The van der Waals surface area contributed by atoms with Crippen LogP contribution in [-0.4, -0.2) is 17.2 Å². The molecule has 0 amide bonds. The van der Waals surface area contributed by atoms with E-state index in [-0.39, 0.29) is 4.65 Å². The summed E-state index contributed by atoms with van der Waals surface area (Å²) < 4.78 is -0.139. The summed E-state index contributed by atoms with van der Waals surface area (Å²) in [5, 5.41) is 12.1. The molecule has 0 radical (unpaired) electrons. The van der Waals surface area contributed by atoms with Crippen LogP contribution >= 0.6 is 0 Å². The molecule has 1 rings (SSSR count). The summed E-state index contributed by atoms with van der Waals surface area (Å²) in [6.45, 7) is 6.60. The lowest BCUT2D eigenvalue weighted by atomic mass is 9.97. The number of rotatable bonds is 4. The van der Waals surface area contributed by atoms with Crippen LogP contribution in [0.3, 0.4) is 0 Å². The van der Waals surface area contributed by atoms with Gasteiger partial charge in [0.2, 0.25) is 0 Å². The van der Waals surface area contributed by atoms with Crippen LogP contribution in [0.5, 0.6) is 0 Å². The van der Waals surface area contributed by atoms with Crippen LogP contribution in [-0.2, 0) is 0 Å². The summed E-state index contributed by atoms with van der Waals surface area (Å²) in [6, 6.07) is 0.297. The van der Waals surface area contributed by atoms with Crippen molar-refractivity contribution in [2.75, 3.05) is 6.54 Å². The van der Waals surface area contributed by atoms with Crippen LogP contribution in [0.4, 0.5) is 0 Å². The van der Waals surface area contributed by atoms with E-state index in [1.165, 1.54) is 19.3 Å². The Morgan fingerprint density at radius 1 is 1.54 bits per heavy atom. The van der Waals surface area contributed by atoms with Gasteiger partial charge in [0.1, 0.15) is 0 Å². The van der Waals surface area contributed by atoms with E-state index in [1.807, 2.05) is 0 Å². The van der Waals surface area contributed by atoms with Crippen molar-refractivity contribution in [1.82, 2.24) is 0 Å². The second kappa shape index (κ2) is 4.77. The van der Waals surface area contributed by atoms with Gasteiger partial charge in [0.15, 0.2) is 0 Å². The molecule has 1 aliphatic rings. The minimum absolute atomic E-state index is 0.139. The molecule has 2 nitrogen and oxygen atoms in total. The van der Waals surface area contributed by atoms with Crippen molar-refractivity contribution in [3.8, 4) is 0 Å². The largest absolute Gasteiger partial charge is 0.628 e. The van der Waals surface area contributed by atoms with Gasteiger partial charge >= 0.3 is 0 Å². The number of hydrogen-bond donors (Lipinski definition) is 0. The maximum absolute atomic E-state index is 12.1. The smallest absolute Gasteiger partial charge is 0.0929 e. The van der Waals surface area contributed by atoms with Crippen molar-refractivity contribution < 1.29 is 4.65 Å². The Kier molecular flexibility index (Phi) is 3.94. The molecule has 0 bridgehead atoms. The first-order chi connectivity index (χ1) is 6.23. The van der Waals surface area contributed by atoms with E-state index in [4.69, 9.17) is 0 Å². The zero-order valence-electron chi connectivity index (χ0n) is 8.67. The second-order valence-corrected chi connectivity index (χ2v) is 4.05. The quantitative estimate of drug-likeness (QED) is 0.485. The zero-order chi connectivity index (χ0) is 9.73. The third-order valence-electron chi connectivity index (χ3n) is 3.11. The molecular formula is C11H21NO. The molecule has 0 N–H and O–H groups in total. The fourth-order valence-corrected chi connectivity index (χ4v) is 2.18. The highest BCUT2D eigenvalue weighted by Crippen LogP contribution is 2.28. The molecule has 0 spiro atoms. The highest BCUT2D eigenvalue weighted by atomic mass is 16.5. The second-order valence-electron chi connectivity index (χ2n) is 4.05. The summed E-state index contributed by atoms with van der Waals surface area (Å²) in [5.41, 5.74) is 0. The molecule has 0 saturated carbocycles. The molecule has 1 fully saturated rings. The number of hydroxylamine groups is 3. The number of quaternary nitrogens is 1. The van der Waals surface area contributed by atoms with E-state index in [0.29, 0.717) is 6.04 Å². The molecule has 2 atom stereocenters. The van der Waals surface area contributed by atoms with Gasteiger partial charge in [-0.3, -0.25) is 0 Å². The number of nitrogens with zero attached hydrogens (tertiary/aromatic N) is 1. The topological polar surface area (TPSA) is 23.1 Å². The van der Waals surface area contributed by atoms with Gasteiger partial charge in [0, 0.05) is 12.8 Å². The molecular weight excluding hydrogens is 162 g/mol. The van der Waals surface area contributed by atoms with Crippen LogP contribution in [0.2, 0.25) is 0 Å². The van der Waals surface area contributed by atoms with Crippen molar-refractivity contribution in [1.29, 1.82) is 0 Å². The van der Waals surface area contributed by atoms with Crippen molar-refractivity contribution in [3.63, 3.8) is 0 Å². The third-order valence-corrected chi connectivity index (χ3v) is 3.11. The van der Waals surface area contributed by atoms with Crippen molar-refractivity contribution in [2.45, 2.75) is 51.5 Å². The molecule has 0 aromatic heterocycles. The zero-order valence-corrected chi connectivity index (χ0v) is 8.67. The fourth-order valence-electron chi connectivity index (χ4n) is 2.18. The van der Waals surface area contributed by atoms with Gasteiger partial charge in [0.25, 0.3) is 0 Å². The predicted molar refractivity (Wildman–Crippen MR) is 55.9 cm³/mol. The minimum Gasteiger partial charge on any atom is -0.628 e. The molecule has 76 valence electrons. The average molecular weight is 183 g/mol. The van der Waals surface area contributed by atoms with Gasteiger partial charge in [-0.2, -0.15) is 0 Å². The molecule has 0 aromatic rings. The fraction of sp³-hybridized carbons (Fsp3) is 0.818. The Balaban J connectivity index is 2.51. The van der Waals surface area contributed by atoms with E-state index in [0.717, 1.165) is 25.8 Å². The molecule has 2 heteroatoms. The van der Waals surface area contributed by atoms with Crippen molar-refractivity contribution in [2.24, 2.45) is 0 Å². The number of piperidine rings is 1. The number of likely N-dealkylation sites (tertiary alicyclic amines) is 1. The molecule has 13 heavy (non-hydrogen) atoms. The Hall–Kier alpha value is -0.340. The SMILES string of the molecule is C=C[N+]1([O-])CCCCC1CCCC. The van der Waals surface area contributed by atoms with Crippen LogP contribution in [0.25, 0.3) is 0 Å². The number of hydrogen-bond acceptors (Lipinski definition) is 1. The Labute approximate surface area is 81.4 Å². The average Bonchev–Trinajstić information content (AvgIpc) is 2.17. The maximum Gasteiger partial charge on any atom is 0.0929 e. The Morgan fingerprint density at radius 3 is 2.92 bits per heavy atom. The Morgan fingerprint density at radius 2 is 2.31 bits per heavy atom. The van der Waals surface area contributed by atoms with E-state index in [2.05, 4.69) is 13.5 Å². The van der Waals surface area contributed by atoms with E-state index in [9.17, 15) is 5.21 Å². The van der Waals surface area contributed by atoms with Gasteiger partial charge in [-0.25, -0.2) is 0 Å². The summed E-state index contributed by atoms with van der Waals surface area (Å²) in [7, 11) is 0. The summed E-state index contributed by atoms with van der Waals surface area (Å²) >= 11 is 0. The first-order valence-corrected chi connectivity index (χ1v) is 5.45. The lowest BCUT2D eigenvalue weighted by molar-refractivity contribution is -0.862. The predicted octanol–water partition coefficient (Wildman–Crippen LogP) is 3.19. The minimum atomic E-state index is -0.139. The Bertz CT molecular complexity index is 169. The van der Waals surface area contributed by atoms with Crippen LogP contribution in [0, 0.1) is 5.21 Å². The van der Waals surface area contributed by atoms with Crippen molar-refractivity contribution >= 4 is 0 Å². The van der Waals surface area contributed by atoms with Gasteiger partial charge in [-0.1, -0.05) is 13.3 Å². The normalized spacial score (nSPS) is 34.5. The standard InChI is InChI=1S/C11H21NO/c1-3-5-8-11-9-6-7-10-12(11,13)4-2/h4,11H,2-3,5-10H2,1H3. The first kappa shape index (κ1) is 10.7. The van der Waals surface area contributed by atoms with Crippen LogP contribution < -0.4 is 0 Å². The monoisotopic (exact) mass is 183 g/mol. The first-order valence-electron chi connectivity index (χ1n) is 5.45. The van der Waals surface area contributed by atoms with E-state index in [1.54, 1.807) is 6.20 Å². The van der Waals surface area contributed by atoms with Gasteiger partial charge in [0.05, 0.1) is 18.8 Å². The van der Waals surface area contributed by atoms with Gasteiger partial charge in [-0.05, 0) is 25.8 Å². The summed E-state index contributed by atoms with van der Waals surface area (Å²) in [5.74, 6) is 0. The molecule has 1 saturated heterocycles. The highest BCUT2D eigenvalue weighted by Gasteiger charge is 2.29. The van der Waals surface area contributed by atoms with Crippen LogP contribution in [0.15, 0.2) is 12.8 Å². The van der Waals surface area contributed by atoms with Crippen LogP contribution in [0.1, 0.15) is 45.4 Å². The molecule has 1 aliphatic heterocycles. The maximum atomic E-state index is 12.1. The van der Waals surface area contributed by atoms with Crippen molar-refractivity contribution in [3.05, 3.63) is 18.0 Å². The third kappa shape index (κ3) is 2.55. The lowest BCUT2D eigenvalue weighted by Crippen LogP contribution is -2.49. The molecule has 0 aromatic carbocycles.